The fourth-order valence-corrected chi connectivity index (χ4v) is 3.76. The summed E-state index contributed by atoms with van der Waals surface area (Å²) in [5, 5.41) is 6.61. The van der Waals surface area contributed by atoms with Crippen LogP contribution < -0.4 is 10.6 Å². The summed E-state index contributed by atoms with van der Waals surface area (Å²) in [5.74, 6) is 0.898. The fourth-order valence-electron chi connectivity index (χ4n) is 3.59. The molecule has 1 saturated heterocycles. The van der Waals surface area contributed by atoms with E-state index >= 15 is 0 Å². The van der Waals surface area contributed by atoms with Crippen molar-refractivity contribution in [2.45, 2.75) is 31.8 Å². The number of halogens is 1. The van der Waals surface area contributed by atoms with Gasteiger partial charge in [-0.25, -0.2) is 9.78 Å². The zero-order chi connectivity index (χ0) is 19.7. The number of fused-ring (bicyclic) bond motifs is 1. The Morgan fingerprint density at radius 2 is 2.18 bits per heavy atom. The molecule has 3 aromatic rings. The van der Waals surface area contributed by atoms with E-state index in [1.54, 1.807) is 6.20 Å². The van der Waals surface area contributed by atoms with Crippen LogP contribution in [0.4, 0.5) is 10.5 Å². The quantitative estimate of drug-likeness (QED) is 0.625. The van der Waals surface area contributed by atoms with Crippen molar-refractivity contribution in [3.05, 3.63) is 53.1 Å². The molecule has 4 rings (SSSR count). The summed E-state index contributed by atoms with van der Waals surface area (Å²) in [6.07, 6.45) is 3.33. The molecule has 1 fully saturated rings. The van der Waals surface area contributed by atoms with Gasteiger partial charge >= 0.3 is 6.03 Å². The molecule has 1 aromatic carbocycles. The van der Waals surface area contributed by atoms with Crippen LogP contribution in [0.25, 0.3) is 11.0 Å². The molecule has 2 aromatic heterocycles. The molecule has 3 heterocycles. The minimum absolute atomic E-state index is 0.0661. The second-order valence-electron chi connectivity index (χ2n) is 7.29. The number of carbonyl (C=O) groups excluding carboxylic acids is 1. The van der Waals surface area contributed by atoms with Crippen molar-refractivity contribution in [1.82, 2.24) is 25.2 Å². The average Bonchev–Trinajstić information content (AvgIpc) is 3.08. The standard InChI is InChI=1S/C20H23ClN6O/c1-12-3-5-15(11-22-12)24-20(28)23-14-7-8-27(2)18(10-14)19-25-16-6-4-13(21)9-17(16)26-19/h3-6,9,11,14,18H,7-8,10H2,1-2H3,(H,25,26)(H2,23,24,28)/t14-,18-/m1/s1. The summed E-state index contributed by atoms with van der Waals surface area (Å²) in [6.45, 7) is 2.79. The molecule has 1 aliphatic rings. The van der Waals surface area contributed by atoms with E-state index in [1.165, 1.54) is 0 Å². The summed E-state index contributed by atoms with van der Waals surface area (Å²) < 4.78 is 0. The lowest BCUT2D eigenvalue weighted by Crippen LogP contribution is -2.46. The zero-order valence-corrected chi connectivity index (χ0v) is 16.6. The number of pyridine rings is 1. The number of anilines is 1. The molecule has 0 saturated carbocycles. The van der Waals surface area contributed by atoms with Gasteiger partial charge in [0.1, 0.15) is 5.82 Å². The molecule has 0 unspecified atom stereocenters. The van der Waals surface area contributed by atoms with Gasteiger partial charge < -0.3 is 15.6 Å². The van der Waals surface area contributed by atoms with E-state index in [0.717, 1.165) is 41.9 Å². The number of hydrogen-bond acceptors (Lipinski definition) is 4. The molecule has 0 bridgehead atoms. The monoisotopic (exact) mass is 398 g/mol. The number of likely N-dealkylation sites (tertiary alicyclic amines) is 1. The van der Waals surface area contributed by atoms with Crippen molar-refractivity contribution in [2.24, 2.45) is 0 Å². The number of hydrogen-bond donors (Lipinski definition) is 3. The number of benzene rings is 1. The summed E-state index contributed by atoms with van der Waals surface area (Å²) >= 11 is 6.08. The summed E-state index contributed by atoms with van der Waals surface area (Å²) in [5.41, 5.74) is 3.42. The van der Waals surface area contributed by atoms with Gasteiger partial charge in [0.25, 0.3) is 0 Å². The number of imidazole rings is 1. The summed E-state index contributed by atoms with van der Waals surface area (Å²) in [7, 11) is 2.08. The Balaban J connectivity index is 1.43. The first-order valence-corrected chi connectivity index (χ1v) is 9.71. The van der Waals surface area contributed by atoms with Gasteiger partial charge in [-0.3, -0.25) is 9.88 Å². The van der Waals surface area contributed by atoms with E-state index in [0.29, 0.717) is 10.7 Å². The van der Waals surface area contributed by atoms with Gasteiger partial charge in [0.05, 0.1) is 29.0 Å². The van der Waals surface area contributed by atoms with Gasteiger partial charge in [-0.05, 0) is 57.1 Å². The van der Waals surface area contributed by atoms with E-state index in [9.17, 15) is 4.79 Å². The minimum atomic E-state index is -0.213. The fraction of sp³-hybridized carbons (Fsp3) is 0.350. The number of rotatable bonds is 3. The highest BCUT2D eigenvalue weighted by Gasteiger charge is 2.30. The first-order valence-electron chi connectivity index (χ1n) is 9.33. The van der Waals surface area contributed by atoms with Crippen molar-refractivity contribution in [3.8, 4) is 0 Å². The minimum Gasteiger partial charge on any atom is -0.341 e. The number of amides is 2. The van der Waals surface area contributed by atoms with Crippen molar-refractivity contribution < 1.29 is 4.79 Å². The zero-order valence-electron chi connectivity index (χ0n) is 15.9. The molecule has 2 atom stereocenters. The lowest BCUT2D eigenvalue weighted by atomic mass is 9.97. The highest BCUT2D eigenvalue weighted by molar-refractivity contribution is 6.31. The molecule has 0 aliphatic carbocycles. The van der Waals surface area contributed by atoms with E-state index in [4.69, 9.17) is 16.6 Å². The largest absolute Gasteiger partial charge is 0.341 e. The third-order valence-electron chi connectivity index (χ3n) is 5.15. The Kier molecular flexibility index (Phi) is 5.19. The van der Waals surface area contributed by atoms with Crippen LogP contribution in [0.2, 0.25) is 5.02 Å². The Bertz CT molecular complexity index is 986. The van der Waals surface area contributed by atoms with Crippen molar-refractivity contribution >= 4 is 34.4 Å². The number of piperidine rings is 1. The molecule has 0 spiro atoms. The molecule has 1 aliphatic heterocycles. The number of aryl methyl sites for hydroxylation is 1. The van der Waals surface area contributed by atoms with Crippen molar-refractivity contribution in [3.63, 3.8) is 0 Å². The molecular weight excluding hydrogens is 376 g/mol. The van der Waals surface area contributed by atoms with Crippen molar-refractivity contribution in [1.29, 1.82) is 0 Å². The highest BCUT2D eigenvalue weighted by Crippen LogP contribution is 2.30. The number of aromatic nitrogens is 3. The van der Waals surface area contributed by atoms with Gasteiger partial charge in [-0.2, -0.15) is 0 Å². The van der Waals surface area contributed by atoms with E-state index in [1.807, 2.05) is 37.3 Å². The normalized spacial score (nSPS) is 20.2. The summed E-state index contributed by atoms with van der Waals surface area (Å²) in [4.78, 5) is 26.9. The third kappa shape index (κ3) is 4.10. The lowest BCUT2D eigenvalue weighted by molar-refractivity contribution is 0.153. The van der Waals surface area contributed by atoms with Crippen LogP contribution in [0.5, 0.6) is 0 Å². The van der Waals surface area contributed by atoms with Crippen LogP contribution >= 0.6 is 11.6 Å². The molecule has 146 valence electrons. The second-order valence-corrected chi connectivity index (χ2v) is 7.72. The van der Waals surface area contributed by atoms with Gasteiger partial charge in [0, 0.05) is 23.3 Å². The van der Waals surface area contributed by atoms with Gasteiger partial charge in [0.2, 0.25) is 0 Å². The van der Waals surface area contributed by atoms with E-state index in [-0.39, 0.29) is 18.1 Å². The molecule has 8 heteroatoms. The first kappa shape index (κ1) is 18.7. The van der Waals surface area contributed by atoms with Gasteiger partial charge in [-0.15, -0.1) is 0 Å². The van der Waals surface area contributed by atoms with Crippen LogP contribution in [0.1, 0.15) is 30.4 Å². The maximum absolute atomic E-state index is 12.4. The Labute approximate surface area is 168 Å². The molecular formula is C20H23ClN6O. The number of urea groups is 1. The molecule has 0 radical (unpaired) electrons. The van der Waals surface area contributed by atoms with Gasteiger partial charge in [0.15, 0.2) is 0 Å². The topological polar surface area (TPSA) is 85.9 Å². The number of nitrogens with one attached hydrogen (secondary N) is 3. The highest BCUT2D eigenvalue weighted by atomic mass is 35.5. The van der Waals surface area contributed by atoms with E-state index in [2.05, 4.69) is 32.5 Å². The van der Waals surface area contributed by atoms with Gasteiger partial charge in [-0.1, -0.05) is 11.6 Å². The number of nitrogens with zero attached hydrogens (tertiary/aromatic N) is 3. The maximum Gasteiger partial charge on any atom is 0.319 e. The molecule has 28 heavy (non-hydrogen) atoms. The molecule has 2 amide bonds. The van der Waals surface area contributed by atoms with Crippen LogP contribution in [0.15, 0.2) is 36.5 Å². The number of carbonyl (C=O) groups is 1. The average molecular weight is 399 g/mol. The molecule has 3 N–H and O–H groups in total. The first-order chi connectivity index (χ1) is 13.5. The van der Waals surface area contributed by atoms with Crippen LogP contribution in [0, 0.1) is 6.92 Å². The maximum atomic E-state index is 12.4. The number of H-pyrrole nitrogens is 1. The lowest BCUT2D eigenvalue weighted by Gasteiger charge is -2.36. The summed E-state index contributed by atoms with van der Waals surface area (Å²) in [6, 6.07) is 9.31. The van der Waals surface area contributed by atoms with Crippen LogP contribution in [-0.2, 0) is 0 Å². The predicted octanol–water partition coefficient (Wildman–Crippen LogP) is 3.88. The Hall–Kier alpha value is -2.64. The second kappa shape index (κ2) is 7.77. The SMILES string of the molecule is Cc1ccc(NC(=O)N[C@@H]2CCN(C)[C@@H](c3nc4ccc(Cl)cc4[nH]3)C2)cn1. The molecule has 7 nitrogen and oxygen atoms in total. The Morgan fingerprint density at radius 3 is 2.96 bits per heavy atom. The Morgan fingerprint density at radius 1 is 1.32 bits per heavy atom. The smallest absolute Gasteiger partial charge is 0.319 e. The third-order valence-corrected chi connectivity index (χ3v) is 5.39. The number of aromatic amines is 1. The predicted molar refractivity (Wildman–Crippen MR) is 111 cm³/mol. The van der Waals surface area contributed by atoms with Crippen LogP contribution in [0.3, 0.4) is 0 Å². The van der Waals surface area contributed by atoms with E-state index < -0.39 is 0 Å². The van der Waals surface area contributed by atoms with Crippen molar-refractivity contribution in [2.75, 3.05) is 18.9 Å². The van der Waals surface area contributed by atoms with Crippen LogP contribution in [-0.4, -0.2) is 45.5 Å².